The molecule has 1 heterocycles. The molecule has 186 valence electrons. The molecule has 3 atom stereocenters. The van der Waals surface area contributed by atoms with Gasteiger partial charge in [0, 0.05) is 14.5 Å². The van der Waals surface area contributed by atoms with E-state index in [1.54, 1.807) is 6.92 Å². The van der Waals surface area contributed by atoms with Gasteiger partial charge in [0.05, 0.1) is 12.6 Å². The van der Waals surface area contributed by atoms with E-state index in [0.717, 1.165) is 12.8 Å². The Morgan fingerprint density at radius 2 is 1.94 bits per heavy atom. The molecule has 2 aliphatic rings. The van der Waals surface area contributed by atoms with Gasteiger partial charge in [0.15, 0.2) is 5.96 Å². The number of nitrogens with one attached hydrogen (secondary N) is 2. The van der Waals surface area contributed by atoms with Crippen LogP contribution < -0.4 is 22.1 Å². The molecule has 6 N–H and O–H groups in total. The fourth-order valence-corrected chi connectivity index (χ4v) is 4.36. The molecule has 0 aromatic carbocycles. The Kier molecular flexibility index (Phi) is 10.2. The minimum Gasteiger partial charge on any atom is -0.450 e. The van der Waals surface area contributed by atoms with Gasteiger partial charge >= 0.3 is 6.09 Å². The third-order valence-corrected chi connectivity index (χ3v) is 5.97. The number of nitrogens with zero attached hydrogens (tertiary/aromatic N) is 2. The first-order valence-electron chi connectivity index (χ1n) is 12.2. The Labute approximate surface area is 196 Å². The van der Waals surface area contributed by atoms with Crippen molar-refractivity contribution in [3.63, 3.8) is 0 Å². The monoisotopic (exact) mass is 467 g/mol. The first-order valence-corrected chi connectivity index (χ1v) is 11.7. The lowest BCUT2D eigenvalue weighted by Crippen LogP contribution is -2.55. The number of aldehydes is 1. The van der Waals surface area contributed by atoms with Crippen LogP contribution in [0, 0.1) is 5.89 Å². The molecule has 11 nitrogen and oxygen atoms in total. The number of carbonyl (C=O) groups is 4. The minimum absolute atomic E-state index is 0.0372. The summed E-state index contributed by atoms with van der Waals surface area (Å²) in [7, 11) is 0. The van der Waals surface area contributed by atoms with E-state index in [-0.39, 0.29) is 19.0 Å². The molecule has 0 bridgehead atoms. The molecule has 1 saturated carbocycles. The molecule has 0 unspecified atom stereocenters. The van der Waals surface area contributed by atoms with Gasteiger partial charge < -0.3 is 36.5 Å². The first-order chi connectivity index (χ1) is 16.2. The number of likely N-dealkylation sites (tertiary alicyclic amines) is 1. The van der Waals surface area contributed by atoms with Crippen LogP contribution in [0.5, 0.6) is 0 Å². The number of ether oxygens (including phenoxy) is 1. The molecule has 0 aromatic heterocycles. The van der Waals surface area contributed by atoms with Crippen molar-refractivity contribution >= 4 is 30.2 Å². The third-order valence-electron chi connectivity index (χ3n) is 5.97. The fraction of sp³-hybridized carbons (Fsp3) is 0.773. The first kappa shape index (κ1) is 24.8. The van der Waals surface area contributed by atoms with Crippen LogP contribution in [-0.2, 0) is 19.1 Å². The average molecular weight is 468 g/mol. The van der Waals surface area contributed by atoms with E-state index >= 15 is 0 Å². The molecular weight excluding hydrogens is 428 g/mol. The van der Waals surface area contributed by atoms with Crippen LogP contribution in [0.25, 0.3) is 0 Å². The van der Waals surface area contributed by atoms with Crippen LogP contribution in [0.15, 0.2) is 4.99 Å². The Balaban J connectivity index is 2.05. The van der Waals surface area contributed by atoms with Crippen LogP contribution in [-0.4, -0.2) is 72.9 Å². The highest BCUT2D eigenvalue weighted by molar-refractivity contribution is 5.92. The Morgan fingerprint density at radius 1 is 1.21 bits per heavy atom. The lowest BCUT2D eigenvalue weighted by Gasteiger charge is -2.30. The summed E-state index contributed by atoms with van der Waals surface area (Å²) in [5.41, 5.74) is 10.6. The minimum atomic E-state index is -0.954. The standard InChI is InChI=1S/C22H38N6O5/c1-2-33-22(32)27-17(13-15-7-3-4-8-15)20(31)28-12-6-10-18(28)19(30)26-16(14-29)9-5-11-25-21(23)24/h14-18H,2-13H2,1H3,(H,26,30)(H,27,32)(H4,23,24,25)/t16-,17-,18-/m0/s1/i15D. The van der Waals surface area contributed by atoms with E-state index < -0.39 is 41.9 Å². The van der Waals surface area contributed by atoms with Gasteiger partial charge in [0.2, 0.25) is 11.8 Å². The van der Waals surface area contributed by atoms with Gasteiger partial charge in [-0.2, -0.15) is 0 Å². The van der Waals surface area contributed by atoms with E-state index in [1.807, 2.05) is 0 Å². The highest BCUT2D eigenvalue weighted by Gasteiger charge is 2.39. The maximum Gasteiger partial charge on any atom is 0.407 e. The van der Waals surface area contributed by atoms with Gasteiger partial charge in [-0.25, -0.2) is 4.79 Å². The van der Waals surface area contributed by atoms with Crippen LogP contribution in [0.1, 0.15) is 66.1 Å². The smallest absolute Gasteiger partial charge is 0.407 e. The largest absolute Gasteiger partial charge is 0.450 e. The topological polar surface area (TPSA) is 169 Å². The summed E-state index contributed by atoms with van der Waals surface area (Å²) < 4.78 is 13.6. The SMILES string of the molecule is [2H]C1(C[C@H](NC(=O)OCC)C(=O)N2CCC[C@H]2C(=O)N[C@H](C=O)CCCN=C(N)N)CCCC1. The van der Waals surface area contributed by atoms with E-state index in [0.29, 0.717) is 57.9 Å². The summed E-state index contributed by atoms with van der Waals surface area (Å²) in [4.78, 5) is 55.3. The second-order valence-electron chi connectivity index (χ2n) is 8.47. The zero-order chi connectivity index (χ0) is 25.1. The van der Waals surface area contributed by atoms with Crippen LogP contribution >= 0.6 is 0 Å². The van der Waals surface area contributed by atoms with E-state index in [4.69, 9.17) is 17.6 Å². The summed E-state index contributed by atoms with van der Waals surface area (Å²) in [6.45, 7) is 2.52. The van der Waals surface area contributed by atoms with Crippen molar-refractivity contribution in [2.75, 3.05) is 19.7 Å². The molecular formula is C22H38N6O5. The number of hydrogen-bond acceptors (Lipinski definition) is 6. The molecule has 2 fully saturated rings. The Morgan fingerprint density at radius 3 is 2.58 bits per heavy atom. The molecule has 1 aliphatic heterocycles. The zero-order valence-corrected chi connectivity index (χ0v) is 19.4. The molecule has 0 spiro atoms. The van der Waals surface area contributed by atoms with E-state index in [9.17, 15) is 19.2 Å². The van der Waals surface area contributed by atoms with Gasteiger partial charge in [-0.15, -0.1) is 0 Å². The van der Waals surface area contributed by atoms with Gasteiger partial charge in [0.25, 0.3) is 0 Å². The molecule has 1 saturated heterocycles. The van der Waals surface area contributed by atoms with Crippen molar-refractivity contribution in [2.24, 2.45) is 22.4 Å². The maximum atomic E-state index is 13.4. The fourth-order valence-electron chi connectivity index (χ4n) is 4.36. The second-order valence-corrected chi connectivity index (χ2v) is 8.47. The summed E-state index contributed by atoms with van der Waals surface area (Å²) >= 11 is 0. The van der Waals surface area contributed by atoms with Crippen molar-refractivity contribution in [1.82, 2.24) is 15.5 Å². The van der Waals surface area contributed by atoms with Gasteiger partial charge in [-0.05, 0) is 44.9 Å². The average Bonchev–Trinajstić information content (AvgIpc) is 3.44. The van der Waals surface area contributed by atoms with Gasteiger partial charge in [-0.3, -0.25) is 14.6 Å². The van der Waals surface area contributed by atoms with Crippen molar-refractivity contribution in [3.8, 4) is 0 Å². The summed E-state index contributed by atoms with van der Waals surface area (Å²) in [6.07, 6.45) is 5.19. The molecule has 11 heteroatoms. The molecule has 2 rings (SSSR count). The number of rotatable bonds is 12. The summed E-state index contributed by atoms with van der Waals surface area (Å²) in [5.74, 6) is -1.65. The molecule has 33 heavy (non-hydrogen) atoms. The summed E-state index contributed by atoms with van der Waals surface area (Å²) in [6, 6.07) is -2.42. The maximum absolute atomic E-state index is 13.4. The predicted octanol–water partition coefficient (Wildman–Crippen LogP) is 0.410. The number of hydrogen-bond donors (Lipinski definition) is 4. The number of carbonyl (C=O) groups excluding carboxylic acids is 4. The lowest BCUT2D eigenvalue weighted by atomic mass is 9.97. The molecule has 1 aliphatic carbocycles. The number of guanidine groups is 1. The highest BCUT2D eigenvalue weighted by Crippen LogP contribution is 2.30. The number of alkyl carbamates (subject to hydrolysis) is 1. The number of nitrogens with two attached hydrogens (primary N) is 2. The normalized spacial score (nSPS) is 21.4. The van der Waals surface area contributed by atoms with Gasteiger partial charge in [-0.1, -0.05) is 25.7 Å². The van der Waals surface area contributed by atoms with E-state index in [1.165, 1.54) is 4.90 Å². The molecule has 0 radical (unpaired) electrons. The van der Waals surface area contributed by atoms with Crippen molar-refractivity contribution in [1.29, 1.82) is 0 Å². The summed E-state index contributed by atoms with van der Waals surface area (Å²) in [5, 5.41) is 5.31. The van der Waals surface area contributed by atoms with Crippen molar-refractivity contribution in [2.45, 2.75) is 82.8 Å². The van der Waals surface area contributed by atoms with Crippen LogP contribution in [0.2, 0.25) is 0 Å². The molecule has 3 amide bonds. The van der Waals surface area contributed by atoms with E-state index in [2.05, 4.69) is 15.6 Å². The highest BCUT2D eigenvalue weighted by atomic mass is 16.5. The van der Waals surface area contributed by atoms with Gasteiger partial charge in [0.1, 0.15) is 18.4 Å². The lowest BCUT2D eigenvalue weighted by molar-refractivity contribution is -0.140. The zero-order valence-electron chi connectivity index (χ0n) is 20.4. The Hall–Kier alpha value is -2.85. The van der Waals surface area contributed by atoms with Crippen LogP contribution in [0.3, 0.4) is 0 Å². The Bertz CT molecular complexity index is 754. The second kappa shape index (κ2) is 13.6. The van der Waals surface area contributed by atoms with Crippen molar-refractivity contribution < 1.29 is 25.3 Å². The number of amides is 3. The number of aliphatic imine (C=N–C) groups is 1. The third kappa shape index (κ3) is 8.54. The molecule has 0 aromatic rings. The quantitative estimate of drug-likeness (QED) is 0.139. The van der Waals surface area contributed by atoms with Crippen molar-refractivity contribution in [3.05, 3.63) is 0 Å². The predicted molar refractivity (Wildman–Crippen MR) is 123 cm³/mol. The van der Waals surface area contributed by atoms with Crippen LogP contribution in [0.4, 0.5) is 4.79 Å².